The summed E-state index contributed by atoms with van der Waals surface area (Å²) in [5.74, 6) is 1.63. The van der Waals surface area contributed by atoms with Crippen LogP contribution in [-0.4, -0.2) is 51.7 Å². The van der Waals surface area contributed by atoms with E-state index in [0.717, 1.165) is 66.5 Å². The summed E-state index contributed by atoms with van der Waals surface area (Å²) in [6, 6.07) is 14.0. The first kappa shape index (κ1) is 24.6. The molecule has 0 radical (unpaired) electrons. The molecule has 34 heavy (non-hydrogen) atoms. The fraction of sp³-hybridized carbons (Fsp3) is 0.444. The van der Waals surface area contributed by atoms with Crippen molar-refractivity contribution in [3.63, 3.8) is 0 Å². The molecule has 0 spiro atoms. The van der Waals surface area contributed by atoms with E-state index in [1.165, 1.54) is 5.56 Å². The molecule has 1 aliphatic rings. The molecule has 2 aromatic carbocycles. The Balaban J connectivity index is 1.28. The van der Waals surface area contributed by atoms with E-state index >= 15 is 0 Å². The van der Waals surface area contributed by atoms with Gasteiger partial charge in [-0.2, -0.15) is 5.10 Å². The van der Waals surface area contributed by atoms with Crippen molar-refractivity contribution < 1.29 is 14.6 Å². The summed E-state index contributed by atoms with van der Waals surface area (Å²) in [6.45, 7) is 8.00. The number of benzene rings is 2. The number of hydrogen-bond donors (Lipinski definition) is 1. The van der Waals surface area contributed by atoms with Gasteiger partial charge in [0.2, 0.25) is 0 Å². The van der Waals surface area contributed by atoms with Gasteiger partial charge in [-0.15, -0.1) is 0 Å². The average molecular weight is 484 g/mol. The van der Waals surface area contributed by atoms with E-state index in [1.807, 2.05) is 55.1 Å². The molecule has 1 saturated heterocycles. The van der Waals surface area contributed by atoms with Crippen LogP contribution in [-0.2, 0) is 13.1 Å². The number of piperidine rings is 1. The van der Waals surface area contributed by atoms with Gasteiger partial charge in [0.05, 0.1) is 6.61 Å². The van der Waals surface area contributed by atoms with E-state index in [0.29, 0.717) is 13.2 Å². The van der Waals surface area contributed by atoms with Gasteiger partial charge in [0, 0.05) is 43.5 Å². The van der Waals surface area contributed by atoms with Gasteiger partial charge >= 0.3 is 0 Å². The molecule has 0 amide bonds. The van der Waals surface area contributed by atoms with Gasteiger partial charge in [0.1, 0.15) is 23.7 Å². The lowest BCUT2D eigenvalue weighted by Gasteiger charge is -2.39. The minimum atomic E-state index is -0.875. The third-order valence-electron chi connectivity index (χ3n) is 6.22. The molecule has 6 nitrogen and oxygen atoms in total. The predicted octanol–water partition coefficient (Wildman–Crippen LogP) is 5.03. The average Bonchev–Trinajstić information content (AvgIpc) is 3.33. The van der Waals surface area contributed by atoms with E-state index in [2.05, 4.69) is 22.1 Å². The molecular formula is C27H34ClN3O3. The highest BCUT2D eigenvalue weighted by molar-refractivity contribution is 6.32. The van der Waals surface area contributed by atoms with E-state index in [9.17, 15) is 5.11 Å². The molecule has 0 bridgehead atoms. The van der Waals surface area contributed by atoms with Crippen molar-refractivity contribution >= 4 is 11.6 Å². The quantitative estimate of drug-likeness (QED) is 0.410. The molecule has 1 N–H and O–H groups in total. The molecule has 0 unspecified atom stereocenters. The van der Waals surface area contributed by atoms with Crippen molar-refractivity contribution in [1.29, 1.82) is 0 Å². The fourth-order valence-corrected chi connectivity index (χ4v) is 4.62. The fourth-order valence-electron chi connectivity index (χ4n) is 4.51. The number of nitrogens with zero attached hydrogens (tertiary/aromatic N) is 3. The summed E-state index contributed by atoms with van der Waals surface area (Å²) in [4.78, 5) is 2.29. The van der Waals surface area contributed by atoms with Crippen molar-refractivity contribution in [2.24, 2.45) is 0 Å². The zero-order valence-corrected chi connectivity index (χ0v) is 20.8. The normalized spacial score (nSPS) is 18.7. The Labute approximate surface area is 207 Å². The number of β-amino-alcohol motifs (C(OH)–C–C–N with tert-alkyl or cyclic N) is 1. The number of hydrogen-bond acceptors (Lipinski definition) is 5. The van der Waals surface area contributed by atoms with Crippen LogP contribution < -0.4 is 9.47 Å². The Morgan fingerprint density at radius 1 is 1.09 bits per heavy atom. The van der Waals surface area contributed by atoms with Gasteiger partial charge in [-0.1, -0.05) is 23.7 Å². The van der Waals surface area contributed by atoms with Gasteiger partial charge in [-0.3, -0.25) is 9.58 Å². The van der Waals surface area contributed by atoms with Gasteiger partial charge < -0.3 is 14.6 Å². The molecular weight excluding hydrogens is 450 g/mol. The second kappa shape index (κ2) is 11.3. The van der Waals surface area contributed by atoms with E-state index in [1.54, 1.807) is 6.20 Å². The number of likely N-dealkylation sites (tertiary alicyclic amines) is 1. The summed E-state index contributed by atoms with van der Waals surface area (Å²) >= 11 is 6.27. The summed E-state index contributed by atoms with van der Waals surface area (Å²) < 4.78 is 13.9. The first-order valence-electron chi connectivity index (χ1n) is 11.9. The zero-order valence-electron chi connectivity index (χ0n) is 20.0. The van der Waals surface area contributed by atoms with Gasteiger partial charge in [-0.05, 0) is 80.3 Å². The summed E-state index contributed by atoms with van der Waals surface area (Å²) in [5, 5.41) is 16.2. The number of aliphatic hydroxyl groups is 1. The van der Waals surface area contributed by atoms with Gasteiger partial charge in [0.25, 0.3) is 0 Å². The lowest BCUT2D eigenvalue weighted by molar-refractivity contribution is -0.0621. The Morgan fingerprint density at radius 3 is 2.68 bits per heavy atom. The first-order valence-corrected chi connectivity index (χ1v) is 12.3. The van der Waals surface area contributed by atoms with Crippen LogP contribution in [0.25, 0.3) is 0 Å². The number of halogens is 1. The summed E-state index contributed by atoms with van der Waals surface area (Å²) in [6.07, 6.45) is 6.31. The molecule has 1 aliphatic heterocycles. The molecule has 182 valence electrons. The van der Waals surface area contributed by atoms with Crippen LogP contribution in [0.1, 0.15) is 36.0 Å². The van der Waals surface area contributed by atoms with E-state index in [4.69, 9.17) is 21.1 Å². The van der Waals surface area contributed by atoms with Crippen LogP contribution in [0.4, 0.5) is 0 Å². The highest BCUT2D eigenvalue weighted by atomic mass is 35.5. The molecule has 2 heterocycles. The molecule has 1 aromatic heterocycles. The second-order valence-corrected chi connectivity index (χ2v) is 9.69. The Bertz CT molecular complexity index is 1050. The van der Waals surface area contributed by atoms with Gasteiger partial charge in [-0.25, -0.2) is 0 Å². The zero-order chi connectivity index (χ0) is 24.0. The lowest BCUT2D eigenvalue weighted by atomic mass is 9.93. The maximum Gasteiger partial charge on any atom is 0.120 e. The SMILES string of the molecule is Cc1cc(OC[C@@]2(O)CCCN(Cc3cccc(OCCCn4cccn4)c3)C2)cc(C)c1Cl. The predicted molar refractivity (Wildman–Crippen MR) is 135 cm³/mol. The number of rotatable bonds is 10. The monoisotopic (exact) mass is 483 g/mol. The van der Waals surface area contributed by atoms with Crippen molar-refractivity contribution in [3.8, 4) is 11.5 Å². The Kier molecular flexibility index (Phi) is 8.14. The highest BCUT2D eigenvalue weighted by Crippen LogP contribution is 2.28. The lowest BCUT2D eigenvalue weighted by Crippen LogP contribution is -2.51. The first-order chi connectivity index (χ1) is 16.4. The minimum Gasteiger partial charge on any atom is -0.494 e. The van der Waals surface area contributed by atoms with E-state index < -0.39 is 5.60 Å². The number of ether oxygens (including phenoxy) is 2. The second-order valence-electron chi connectivity index (χ2n) is 9.32. The molecule has 7 heteroatoms. The molecule has 1 fully saturated rings. The maximum atomic E-state index is 11.2. The highest BCUT2D eigenvalue weighted by Gasteiger charge is 2.34. The minimum absolute atomic E-state index is 0.267. The standard InChI is InChI=1S/C27H34ClN3O3/c1-21-15-25(16-22(2)26(21)28)34-20-27(32)9-4-11-30(19-27)18-23-7-3-8-24(17-23)33-14-6-13-31-12-5-10-29-31/h3,5,7-8,10,12,15-17,32H,4,6,9,11,13-14,18-20H2,1-2H3/t27-/m1/s1. The Hall–Kier alpha value is -2.54. The summed E-state index contributed by atoms with van der Waals surface area (Å²) in [5.41, 5.74) is 2.27. The topological polar surface area (TPSA) is 59.8 Å². The van der Waals surface area contributed by atoms with Crippen molar-refractivity contribution in [1.82, 2.24) is 14.7 Å². The van der Waals surface area contributed by atoms with Crippen LogP contribution in [0.3, 0.4) is 0 Å². The van der Waals surface area contributed by atoms with Gasteiger partial charge in [0.15, 0.2) is 0 Å². The molecule has 0 saturated carbocycles. The van der Waals surface area contributed by atoms with Crippen LogP contribution in [0.15, 0.2) is 54.9 Å². The molecule has 4 rings (SSSR count). The van der Waals surface area contributed by atoms with E-state index in [-0.39, 0.29) is 6.61 Å². The maximum absolute atomic E-state index is 11.2. The van der Waals surface area contributed by atoms with Crippen LogP contribution >= 0.6 is 11.6 Å². The van der Waals surface area contributed by atoms with Crippen LogP contribution in [0.5, 0.6) is 11.5 Å². The third kappa shape index (κ3) is 6.75. The largest absolute Gasteiger partial charge is 0.494 e. The number of aromatic nitrogens is 2. The molecule has 1 atom stereocenters. The summed E-state index contributed by atoms with van der Waals surface area (Å²) in [7, 11) is 0. The smallest absolute Gasteiger partial charge is 0.120 e. The number of aryl methyl sites for hydroxylation is 3. The van der Waals surface area contributed by atoms with Crippen LogP contribution in [0, 0.1) is 13.8 Å². The molecule has 3 aromatic rings. The van der Waals surface area contributed by atoms with Crippen molar-refractivity contribution in [2.75, 3.05) is 26.3 Å². The third-order valence-corrected chi connectivity index (χ3v) is 6.81. The molecule has 0 aliphatic carbocycles. The Morgan fingerprint density at radius 2 is 1.91 bits per heavy atom. The van der Waals surface area contributed by atoms with Crippen molar-refractivity contribution in [3.05, 3.63) is 76.6 Å². The van der Waals surface area contributed by atoms with Crippen LogP contribution in [0.2, 0.25) is 5.02 Å². The van der Waals surface area contributed by atoms with Crippen molar-refractivity contribution in [2.45, 2.75) is 51.8 Å².